The van der Waals surface area contributed by atoms with Crippen molar-refractivity contribution in [2.45, 2.75) is 19.6 Å². The lowest BCUT2D eigenvalue weighted by atomic mass is 10.1. The average Bonchev–Trinajstić information content (AvgIpc) is 3.18. The van der Waals surface area contributed by atoms with Gasteiger partial charge in [0.05, 0.1) is 19.1 Å². The van der Waals surface area contributed by atoms with E-state index in [9.17, 15) is 0 Å². The fraction of sp³-hybridized carbons (Fsp3) is 0.240. The van der Waals surface area contributed by atoms with Crippen LogP contribution < -0.4 is 14.8 Å². The van der Waals surface area contributed by atoms with Crippen molar-refractivity contribution in [3.8, 4) is 17.4 Å². The largest absolute Gasteiger partial charge is 0.479 e. The molecule has 0 bridgehead atoms. The number of nitrogens with zero attached hydrogens (tertiary/aromatic N) is 5. The molecular formula is C25H26N6O2. The maximum Gasteiger partial charge on any atom is 0.240 e. The Morgan fingerprint density at radius 3 is 2.58 bits per heavy atom. The standard InChI is InChI=1S/C25H26N6O2/c1-17-13-31(16-26-17)20-10-12-23(29-25(20)32-3)27-22-11-9-19-14-30(2)15-21(33-24(19)28-22)18-7-5-4-6-8-18/h4-13,16,21H,14-15H2,1-3H3,(H,27,28,29). The Balaban J connectivity index is 1.41. The first-order chi connectivity index (χ1) is 16.1. The molecule has 1 unspecified atom stereocenters. The normalized spacial score (nSPS) is 15.9. The molecule has 33 heavy (non-hydrogen) atoms. The quantitative estimate of drug-likeness (QED) is 0.494. The third-order valence-corrected chi connectivity index (χ3v) is 5.56. The summed E-state index contributed by atoms with van der Waals surface area (Å²) in [5.74, 6) is 2.42. The number of benzene rings is 1. The number of methoxy groups -OCH3 is 1. The van der Waals surface area contributed by atoms with Gasteiger partial charge >= 0.3 is 0 Å². The van der Waals surface area contributed by atoms with Gasteiger partial charge in [-0.1, -0.05) is 30.3 Å². The Kier molecular flexibility index (Phi) is 5.66. The zero-order chi connectivity index (χ0) is 22.8. The first-order valence-electron chi connectivity index (χ1n) is 10.8. The highest BCUT2D eigenvalue weighted by atomic mass is 16.5. The smallest absolute Gasteiger partial charge is 0.240 e. The first-order valence-corrected chi connectivity index (χ1v) is 10.8. The van der Waals surface area contributed by atoms with Gasteiger partial charge in [-0.3, -0.25) is 4.90 Å². The molecule has 0 saturated heterocycles. The van der Waals surface area contributed by atoms with Gasteiger partial charge in [0.25, 0.3) is 0 Å². The molecule has 1 aliphatic rings. The van der Waals surface area contributed by atoms with Crippen molar-refractivity contribution in [2.75, 3.05) is 26.0 Å². The van der Waals surface area contributed by atoms with Gasteiger partial charge in [-0.15, -0.1) is 0 Å². The summed E-state index contributed by atoms with van der Waals surface area (Å²) in [7, 11) is 3.70. The van der Waals surface area contributed by atoms with E-state index in [0.717, 1.165) is 35.6 Å². The summed E-state index contributed by atoms with van der Waals surface area (Å²) in [5, 5.41) is 3.28. The van der Waals surface area contributed by atoms with Crippen molar-refractivity contribution >= 4 is 11.6 Å². The van der Waals surface area contributed by atoms with E-state index in [0.29, 0.717) is 23.4 Å². The lowest BCUT2D eigenvalue weighted by Gasteiger charge is -2.20. The third-order valence-electron chi connectivity index (χ3n) is 5.56. The molecule has 0 saturated carbocycles. The predicted octanol–water partition coefficient (Wildman–Crippen LogP) is 4.29. The Hall–Kier alpha value is -3.91. The van der Waals surface area contributed by atoms with Gasteiger partial charge in [-0.25, -0.2) is 4.98 Å². The summed E-state index contributed by atoms with van der Waals surface area (Å²) >= 11 is 0. The minimum absolute atomic E-state index is 0.0867. The number of ether oxygens (including phenoxy) is 2. The second-order valence-corrected chi connectivity index (χ2v) is 8.15. The predicted molar refractivity (Wildman–Crippen MR) is 126 cm³/mol. The Labute approximate surface area is 192 Å². The molecule has 8 heteroatoms. The topological polar surface area (TPSA) is 77.3 Å². The van der Waals surface area contributed by atoms with Gasteiger partial charge in [-0.2, -0.15) is 9.97 Å². The molecule has 0 spiro atoms. The molecule has 3 aromatic heterocycles. The Bertz CT molecular complexity index is 1260. The van der Waals surface area contributed by atoms with Crippen molar-refractivity contribution in [3.63, 3.8) is 0 Å². The number of imidazole rings is 1. The lowest BCUT2D eigenvalue weighted by molar-refractivity contribution is 0.160. The molecule has 1 N–H and O–H groups in total. The Morgan fingerprint density at radius 1 is 1.03 bits per heavy atom. The molecule has 0 amide bonds. The van der Waals surface area contributed by atoms with Crippen LogP contribution in [0.3, 0.4) is 0 Å². The monoisotopic (exact) mass is 442 g/mol. The highest BCUT2D eigenvalue weighted by molar-refractivity contribution is 5.57. The molecule has 0 aliphatic carbocycles. The van der Waals surface area contributed by atoms with Gasteiger partial charge in [0.2, 0.25) is 11.8 Å². The lowest BCUT2D eigenvalue weighted by Crippen LogP contribution is -2.24. The average molecular weight is 443 g/mol. The second-order valence-electron chi connectivity index (χ2n) is 8.15. The zero-order valence-electron chi connectivity index (χ0n) is 18.9. The molecule has 4 heterocycles. The van der Waals surface area contributed by atoms with Crippen molar-refractivity contribution in [3.05, 3.63) is 83.9 Å². The number of likely N-dealkylation sites (N-methyl/N-ethyl adjacent to an activating group) is 1. The number of anilines is 2. The van der Waals surface area contributed by atoms with Crippen LogP contribution in [0.4, 0.5) is 11.6 Å². The van der Waals surface area contributed by atoms with Crippen LogP contribution >= 0.6 is 0 Å². The van der Waals surface area contributed by atoms with Gasteiger partial charge in [-0.05, 0) is 43.8 Å². The van der Waals surface area contributed by atoms with Crippen LogP contribution in [0.25, 0.3) is 5.69 Å². The van der Waals surface area contributed by atoms with Crippen molar-refractivity contribution in [2.24, 2.45) is 0 Å². The fourth-order valence-electron chi connectivity index (χ4n) is 3.95. The molecule has 1 atom stereocenters. The van der Waals surface area contributed by atoms with Crippen molar-refractivity contribution in [1.82, 2.24) is 24.4 Å². The van der Waals surface area contributed by atoms with E-state index in [1.54, 1.807) is 13.4 Å². The van der Waals surface area contributed by atoms with Crippen LogP contribution in [0.2, 0.25) is 0 Å². The molecule has 168 valence electrons. The molecule has 1 aromatic carbocycles. The first kappa shape index (κ1) is 21.0. The van der Waals surface area contributed by atoms with Crippen LogP contribution in [0.15, 0.2) is 67.1 Å². The third kappa shape index (κ3) is 4.51. The summed E-state index contributed by atoms with van der Waals surface area (Å²) in [6, 6.07) is 18.1. The number of fused-ring (bicyclic) bond motifs is 1. The maximum atomic E-state index is 6.37. The zero-order valence-corrected chi connectivity index (χ0v) is 18.9. The molecule has 1 aliphatic heterocycles. The number of aromatic nitrogens is 4. The number of nitrogens with one attached hydrogen (secondary N) is 1. The van der Waals surface area contributed by atoms with E-state index in [4.69, 9.17) is 14.5 Å². The molecular weight excluding hydrogens is 416 g/mol. The van der Waals surface area contributed by atoms with Gasteiger partial charge in [0, 0.05) is 24.8 Å². The van der Waals surface area contributed by atoms with E-state index in [2.05, 4.69) is 45.4 Å². The summed E-state index contributed by atoms with van der Waals surface area (Å²) in [6.45, 7) is 3.51. The van der Waals surface area contributed by atoms with Gasteiger partial charge in [0.1, 0.15) is 23.4 Å². The van der Waals surface area contributed by atoms with Gasteiger partial charge in [0.15, 0.2) is 0 Å². The highest BCUT2D eigenvalue weighted by Crippen LogP contribution is 2.31. The molecule has 4 aromatic rings. The second kappa shape index (κ2) is 8.91. The molecule has 8 nitrogen and oxygen atoms in total. The van der Waals surface area contributed by atoms with Crippen LogP contribution in [0.1, 0.15) is 22.9 Å². The number of rotatable bonds is 5. The SMILES string of the molecule is COc1nc(Nc2ccc3c(n2)OC(c2ccccc2)CN(C)C3)ccc1-n1cnc(C)c1. The Morgan fingerprint density at radius 2 is 1.82 bits per heavy atom. The molecule has 5 rings (SSSR count). The van der Waals surface area contributed by atoms with Gasteiger partial charge < -0.3 is 19.4 Å². The van der Waals surface area contributed by atoms with E-state index in [1.807, 2.05) is 54.1 Å². The van der Waals surface area contributed by atoms with Crippen LogP contribution in [-0.2, 0) is 6.54 Å². The van der Waals surface area contributed by atoms with E-state index in [1.165, 1.54) is 0 Å². The minimum Gasteiger partial charge on any atom is -0.479 e. The van der Waals surface area contributed by atoms with Crippen LogP contribution in [-0.4, -0.2) is 45.1 Å². The van der Waals surface area contributed by atoms with E-state index < -0.39 is 0 Å². The maximum absolute atomic E-state index is 6.37. The van der Waals surface area contributed by atoms with Crippen molar-refractivity contribution < 1.29 is 9.47 Å². The molecule has 0 fully saturated rings. The van der Waals surface area contributed by atoms with E-state index >= 15 is 0 Å². The van der Waals surface area contributed by atoms with Crippen LogP contribution in [0.5, 0.6) is 11.8 Å². The number of aryl methyl sites for hydroxylation is 1. The number of hydrogen-bond donors (Lipinski definition) is 1. The summed E-state index contributed by atoms with van der Waals surface area (Å²) in [5.41, 5.74) is 3.93. The number of hydrogen-bond acceptors (Lipinski definition) is 7. The molecule has 0 radical (unpaired) electrons. The summed E-state index contributed by atoms with van der Waals surface area (Å²) < 4.78 is 13.8. The minimum atomic E-state index is -0.0867. The van der Waals surface area contributed by atoms with E-state index in [-0.39, 0.29) is 6.10 Å². The summed E-state index contributed by atoms with van der Waals surface area (Å²) in [4.78, 5) is 15.9. The summed E-state index contributed by atoms with van der Waals surface area (Å²) in [6.07, 6.45) is 3.59. The van der Waals surface area contributed by atoms with Crippen LogP contribution in [0, 0.1) is 6.92 Å². The highest BCUT2D eigenvalue weighted by Gasteiger charge is 2.23. The number of pyridine rings is 2. The fourth-order valence-corrected chi connectivity index (χ4v) is 3.95. The van der Waals surface area contributed by atoms with Crippen molar-refractivity contribution in [1.29, 1.82) is 0 Å².